The van der Waals surface area contributed by atoms with Crippen LogP contribution in [-0.4, -0.2) is 42.3 Å². The number of morpholine rings is 1. The molecule has 1 atom stereocenters. The second-order valence-corrected chi connectivity index (χ2v) is 4.38. The molecule has 2 rings (SSSR count). The second kappa shape index (κ2) is 4.74. The number of carbonyl (C=O) groups is 1. The highest BCUT2D eigenvalue weighted by Crippen LogP contribution is 2.25. The fourth-order valence-corrected chi connectivity index (χ4v) is 2.59. The van der Waals surface area contributed by atoms with Crippen LogP contribution in [0, 0.1) is 0 Å². The van der Waals surface area contributed by atoms with Crippen LogP contribution in [0.15, 0.2) is 17.5 Å². The third kappa shape index (κ3) is 2.37. The third-order valence-electron chi connectivity index (χ3n) is 2.46. The highest BCUT2D eigenvalue weighted by Gasteiger charge is 2.29. The molecule has 1 aromatic rings. The molecule has 0 bridgehead atoms. The largest absolute Gasteiger partial charge is 0.480 e. The van der Waals surface area contributed by atoms with Gasteiger partial charge in [0.05, 0.1) is 13.2 Å². The summed E-state index contributed by atoms with van der Waals surface area (Å²) in [5, 5.41) is 11.1. The fourth-order valence-electron chi connectivity index (χ4n) is 1.74. The lowest BCUT2D eigenvalue weighted by molar-refractivity contribution is -0.145. The van der Waals surface area contributed by atoms with Crippen molar-refractivity contribution in [2.45, 2.75) is 6.04 Å². The van der Waals surface area contributed by atoms with Gasteiger partial charge in [0.1, 0.15) is 6.04 Å². The number of ether oxygens (including phenoxy) is 1. The number of aliphatic carboxylic acids is 1. The van der Waals surface area contributed by atoms with Gasteiger partial charge in [-0.3, -0.25) is 9.69 Å². The maximum absolute atomic E-state index is 11.2. The maximum atomic E-state index is 11.2. The molecule has 0 unspecified atom stereocenters. The van der Waals surface area contributed by atoms with Gasteiger partial charge in [-0.1, -0.05) is 6.07 Å². The molecule has 2 heterocycles. The molecular formula is C10H13NO3S. The van der Waals surface area contributed by atoms with Crippen molar-refractivity contribution >= 4 is 17.3 Å². The second-order valence-electron chi connectivity index (χ2n) is 3.40. The minimum absolute atomic E-state index is 0.506. The quantitative estimate of drug-likeness (QED) is 0.843. The molecule has 1 saturated heterocycles. The topological polar surface area (TPSA) is 49.8 Å². The maximum Gasteiger partial charge on any atom is 0.326 e. The van der Waals surface area contributed by atoms with Crippen LogP contribution in [0.3, 0.4) is 0 Å². The summed E-state index contributed by atoms with van der Waals surface area (Å²) >= 11 is 1.49. The molecule has 0 saturated carbocycles. The van der Waals surface area contributed by atoms with E-state index in [4.69, 9.17) is 4.74 Å². The summed E-state index contributed by atoms with van der Waals surface area (Å²) < 4.78 is 5.22. The van der Waals surface area contributed by atoms with Gasteiger partial charge in [-0.05, 0) is 11.4 Å². The predicted molar refractivity (Wildman–Crippen MR) is 57.1 cm³/mol. The highest BCUT2D eigenvalue weighted by molar-refractivity contribution is 7.10. The van der Waals surface area contributed by atoms with E-state index in [2.05, 4.69) is 0 Å². The number of carboxylic acid groups (broad SMARTS) is 1. The fraction of sp³-hybridized carbons (Fsp3) is 0.500. The lowest BCUT2D eigenvalue weighted by Crippen LogP contribution is -2.41. The van der Waals surface area contributed by atoms with E-state index >= 15 is 0 Å². The van der Waals surface area contributed by atoms with Gasteiger partial charge in [-0.25, -0.2) is 0 Å². The Kier molecular flexibility index (Phi) is 3.35. The Bertz CT molecular complexity index is 319. The molecule has 1 N–H and O–H groups in total. The molecule has 5 heteroatoms. The molecule has 0 radical (unpaired) electrons. The number of hydrogen-bond donors (Lipinski definition) is 1. The van der Waals surface area contributed by atoms with Crippen LogP contribution >= 0.6 is 11.3 Å². The van der Waals surface area contributed by atoms with Gasteiger partial charge in [-0.2, -0.15) is 0 Å². The van der Waals surface area contributed by atoms with Gasteiger partial charge in [0.2, 0.25) is 0 Å². The number of nitrogens with zero attached hydrogens (tertiary/aromatic N) is 1. The Morgan fingerprint density at radius 2 is 2.27 bits per heavy atom. The molecule has 0 aliphatic carbocycles. The molecule has 0 spiro atoms. The first-order chi connectivity index (χ1) is 7.29. The van der Waals surface area contributed by atoms with Gasteiger partial charge in [0.15, 0.2) is 0 Å². The SMILES string of the molecule is O=C(O)[C@@H](c1cccs1)N1CCOCC1. The summed E-state index contributed by atoms with van der Waals surface area (Å²) in [4.78, 5) is 14.1. The minimum atomic E-state index is -0.778. The molecule has 1 fully saturated rings. The van der Waals surface area contributed by atoms with E-state index in [1.165, 1.54) is 11.3 Å². The van der Waals surface area contributed by atoms with Crippen molar-refractivity contribution in [1.29, 1.82) is 0 Å². The van der Waals surface area contributed by atoms with Crippen molar-refractivity contribution in [2.24, 2.45) is 0 Å². The lowest BCUT2D eigenvalue weighted by atomic mass is 10.2. The summed E-state index contributed by atoms with van der Waals surface area (Å²) in [5.74, 6) is -0.778. The lowest BCUT2D eigenvalue weighted by Gasteiger charge is -2.31. The van der Waals surface area contributed by atoms with E-state index < -0.39 is 12.0 Å². The standard InChI is InChI=1S/C10H13NO3S/c12-10(13)9(8-2-1-7-15-8)11-3-5-14-6-4-11/h1-2,7,9H,3-6H2,(H,12,13)/t9-/m1/s1. The first kappa shape index (κ1) is 10.6. The zero-order chi connectivity index (χ0) is 10.7. The van der Waals surface area contributed by atoms with E-state index in [9.17, 15) is 9.90 Å². The average Bonchev–Trinajstić information content (AvgIpc) is 2.72. The summed E-state index contributed by atoms with van der Waals surface area (Å²) in [7, 11) is 0. The van der Waals surface area contributed by atoms with E-state index in [0.29, 0.717) is 26.3 Å². The van der Waals surface area contributed by atoms with Gasteiger partial charge in [0.25, 0.3) is 0 Å². The van der Waals surface area contributed by atoms with E-state index in [-0.39, 0.29) is 0 Å². The van der Waals surface area contributed by atoms with Crippen molar-refractivity contribution in [1.82, 2.24) is 4.90 Å². The molecule has 4 nitrogen and oxygen atoms in total. The Morgan fingerprint density at radius 1 is 1.53 bits per heavy atom. The van der Waals surface area contributed by atoms with E-state index in [0.717, 1.165) is 4.88 Å². The van der Waals surface area contributed by atoms with Crippen molar-refractivity contribution in [2.75, 3.05) is 26.3 Å². The van der Waals surface area contributed by atoms with Gasteiger partial charge >= 0.3 is 5.97 Å². The number of hydrogen-bond acceptors (Lipinski definition) is 4. The molecular weight excluding hydrogens is 214 g/mol. The van der Waals surface area contributed by atoms with Crippen molar-refractivity contribution < 1.29 is 14.6 Å². The van der Waals surface area contributed by atoms with Crippen LogP contribution in [0.4, 0.5) is 0 Å². The normalized spacial score (nSPS) is 20.0. The third-order valence-corrected chi connectivity index (χ3v) is 3.38. The number of rotatable bonds is 3. The Labute approximate surface area is 92.1 Å². The van der Waals surface area contributed by atoms with Crippen LogP contribution in [0.2, 0.25) is 0 Å². The summed E-state index contributed by atoms with van der Waals surface area (Å²) in [6.07, 6.45) is 0. The molecule has 0 aromatic carbocycles. The van der Waals surface area contributed by atoms with E-state index in [1.54, 1.807) is 0 Å². The molecule has 82 valence electrons. The van der Waals surface area contributed by atoms with Crippen molar-refractivity contribution in [3.8, 4) is 0 Å². The Balaban J connectivity index is 2.15. The first-order valence-corrected chi connectivity index (χ1v) is 5.75. The monoisotopic (exact) mass is 227 g/mol. The van der Waals surface area contributed by atoms with Crippen molar-refractivity contribution in [3.63, 3.8) is 0 Å². The summed E-state index contributed by atoms with van der Waals surface area (Å²) in [5.41, 5.74) is 0. The van der Waals surface area contributed by atoms with Crippen LogP contribution in [0.5, 0.6) is 0 Å². The van der Waals surface area contributed by atoms with Gasteiger partial charge < -0.3 is 9.84 Å². The summed E-state index contributed by atoms with van der Waals surface area (Å²) in [6.45, 7) is 2.62. The molecule has 1 aliphatic rings. The van der Waals surface area contributed by atoms with Crippen molar-refractivity contribution in [3.05, 3.63) is 22.4 Å². The smallest absolute Gasteiger partial charge is 0.326 e. The first-order valence-electron chi connectivity index (χ1n) is 4.87. The minimum Gasteiger partial charge on any atom is -0.480 e. The van der Waals surface area contributed by atoms with Gasteiger partial charge in [-0.15, -0.1) is 11.3 Å². The number of thiophene rings is 1. The zero-order valence-corrected chi connectivity index (χ0v) is 9.07. The Morgan fingerprint density at radius 3 is 2.80 bits per heavy atom. The van der Waals surface area contributed by atoms with Crippen LogP contribution in [-0.2, 0) is 9.53 Å². The van der Waals surface area contributed by atoms with Crippen LogP contribution in [0.1, 0.15) is 10.9 Å². The average molecular weight is 227 g/mol. The Hall–Kier alpha value is -0.910. The molecule has 0 amide bonds. The predicted octanol–water partition coefficient (Wildman–Crippen LogP) is 1.21. The van der Waals surface area contributed by atoms with Crippen LogP contribution < -0.4 is 0 Å². The molecule has 15 heavy (non-hydrogen) atoms. The summed E-state index contributed by atoms with van der Waals surface area (Å²) in [6, 6.07) is 3.25. The number of carboxylic acids is 1. The van der Waals surface area contributed by atoms with Crippen LogP contribution in [0.25, 0.3) is 0 Å². The van der Waals surface area contributed by atoms with E-state index in [1.807, 2.05) is 22.4 Å². The molecule has 1 aliphatic heterocycles. The zero-order valence-electron chi connectivity index (χ0n) is 8.26. The van der Waals surface area contributed by atoms with Gasteiger partial charge in [0, 0.05) is 18.0 Å². The molecule has 1 aromatic heterocycles. The highest BCUT2D eigenvalue weighted by atomic mass is 32.1.